The Hall–Kier alpha value is 1.17. The predicted octanol–water partition coefficient (Wildman–Crippen LogP) is 4.97. The van der Waals surface area contributed by atoms with Crippen LogP contribution >= 0.6 is 40.0 Å². The van der Waals surface area contributed by atoms with E-state index in [4.69, 9.17) is 0 Å². The number of benzene rings is 1. The summed E-state index contributed by atoms with van der Waals surface area (Å²) in [6, 6.07) is 0. The minimum atomic E-state index is -3.40. The van der Waals surface area contributed by atoms with E-state index in [-0.39, 0.29) is 11.7 Å². The summed E-state index contributed by atoms with van der Waals surface area (Å²) < 4.78 is 25.9. The maximum absolute atomic E-state index is 12.9. The van der Waals surface area contributed by atoms with Crippen LogP contribution in [0.4, 0.5) is 0 Å². The number of rotatable bonds is 0. The summed E-state index contributed by atoms with van der Waals surface area (Å²) in [7, 11) is -2.78. The van der Waals surface area contributed by atoms with Crippen molar-refractivity contribution in [2.24, 2.45) is 5.41 Å². The molecule has 24 heavy (non-hydrogen) atoms. The molecule has 0 bridgehead atoms. The fourth-order valence-electron chi connectivity index (χ4n) is 3.74. The standard InChI is InChI=1S/C17H26O3S.2HI.V/c1-9-10(2)12(4)15-14(11(9)3)13(5)16(18)17(6,7)8-21(15,19)20;;;/h13,16,18H,8H2,1-7H3;2*1H;/q;;;+2/p-2. The number of aliphatic hydroxyl groups excluding tert-OH is 1. The number of sulfone groups is 1. The molecule has 0 aromatic heterocycles. The van der Waals surface area contributed by atoms with Gasteiger partial charge in [0.25, 0.3) is 0 Å². The molecule has 1 aliphatic heterocycles. The summed E-state index contributed by atoms with van der Waals surface area (Å²) in [6.45, 7) is 13.5. The van der Waals surface area contributed by atoms with E-state index in [0.29, 0.717) is 14.4 Å². The Balaban J connectivity index is 0.000000891. The van der Waals surface area contributed by atoms with E-state index in [9.17, 15) is 13.5 Å². The van der Waals surface area contributed by atoms with Gasteiger partial charge in [0.1, 0.15) is 0 Å². The molecule has 0 spiro atoms. The average molecular weight is 615 g/mol. The molecule has 1 N–H and O–H groups in total. The van der Waals surface area contributed by atoms with Crippen molar-refractivity contribution in [3.63, 3.8) is 0 Å². The van der Waals surface area contributed by atoms with Crippen LogP contribution in [0.1, 0.15) is 54.5 Å². The second-order valence-corrected chi connectivity index (χ2v) is 21.0. The number of hydrogen-bond donors (Lipinski definition) is 1. The van der Waals surface area contributed by atoms with E-state index >= 15 is 0 Å². The molecule has 2 atom stereocenters. The SMILES string of the molecule is Cc1c(C)c(C)c2c(c1C)C(C)C(O)C(C)(C)CS2(=O)=O.[I][V][I]. The van der Waals surface area contributed by atoms with Gasteiger partial charge in [-0.15, -0.1) is 0 Å². The minimum absolute atomic E-state index is 0.0126. The van der Waals surface area contributed by atoms with Gasteiger partial charge in [-0.1, -0.05) is 20.8 Å². The molecule has 7 heteroatoms. The Morgan fingerprint density at radius 2 is 1.46 bits per heavy atom. The summed E-state index contributed by atoms with van der Waals surface area (Å²) >= 11 is 4.74. The first-order valence-electron chi connectivity index (χ1n) is 7.76. The first kappa shape index (κ1) is 23.2. The van der Waals surface area contributed by atoms with Crippen LogP contribution in [0.25, 0.3) is 0 Å². The molecular weight excluding hydrogens is 589 g/mol. The fourth-order valence-corrected chi connectivity index (χ4v) is 6.33. The molecule has 1 aliphatic rings. The third-order valence-electron chi connectivity index (χ3n) is 5.28. The molecule has 0 aliphatic carbocycles. The van der Waals surface area contributed by atoms with E-state index in [1.807, 2.05) is 48.5 Å². The molecule has 2 unspecified atom stereocenters. The first-order chi connectivity index (χ1) is 10.8. The molecule has 1 aromatic rings. The first-order valence-corrected chi connectivity index (χ1v) is 18.4. The quantitative estimate of drug-likeness (QED) is 0.420. The third-order valence-corrected chi connectivity index (χ3v) is 7.55. The molecular formula is C17H26I2O3SV. The Morgan fingerprint density at radius 3 is 1.92 bits per heavy atom. The van der Waals surface area contributed by atoms with E-state index in [1.165, 1.54) is 0 Å². The van der Waals surface area contributed by atoms with E-state index in [2.05, 4.69) is 40.0 Å². The Morgan fingerprint density at radius 1 is 1.04 bits per heavy atom. The summed E-state index contributed by atoms with van der Waals surface area (Å²) in [5.41, 5.74) is 4.16. The molecule has 3 nitrogen and oxygen atoms in total. The van der Waals surface area contributed by atoms with Gasteiger partial charge in [0.05, 0.1) is 16.8 Å². The van der Waals surface area contributed by atoms with Crippen molar-refractivity contribution >= 4 is 49.8 Å². The van der Waals surface area contributed by atoms with Gasteiger partial charge < -0.3 is 5.11 Å². The zero-order chi connectivity index (χ0) is 19.0. The Kier molecular flexibility index (Phi) is 8.18. The van der Waals surface area contributed by atoms with Crippen LogP contribution in [0.3, 0.4) is 0 Å². The summed E-state index contributed by atoms with van der Waals surface area (Å²) in [4.78, 5) is 0.459. The maximum atomic E-state index is 12.9. The van der Waals surface area contributed by atoms with Crippen molar-refractivity contribution in [3.8, 4) is 0 Å². The van der Waals surface area contributed by atoms with Gasteiger partial charge in [0.2, 0.25) is 0 Å². The molecule has 137 valence electrons. The molecule has 0 fully saturated rings. The van der Waals surface area contributed by atoms with Crippen LogP contribution in [0.2, 0.25) is 0 Å². The molecule has 0 saturated carbocycles. The average Bonchev–Trinajstić information content (AvgIpc) is 2.50. The van der Waals surface area contributed by atoms with Crippen molar-refractivity contribution in [1.82, 2.24) is 0 Å². The van der Waals surface area contributed by atoms with Crippen molar-refractivity contribution in [2.45, 2.75) is 65.4 Å². The van der Waals surface area contributed by atoms with E-state index in [1.54, 1.807) is 0 Å². The van der Waals surface area contributed by atoms with Gasteiger partial charge >= 0.3 is 49.4 Å². The van der Waals surface area contributed by atoms with E-state index in [0.717, 1.165) is 27.8 Å². The van der Waals surface area contributed by atoms with Gasteiger partial charge in [-0.3, -0.25) is 0 Å². The monoisotopic (exact) mass is 615 g/mol. The molecule has 0 saturated heterocycles. The molecule has 0 radical (unpaired) electrons. The Labute approximate surface area is 175 Å². The second kappa shape index (κ2) is 8.46. The predicted molar refractivity (Wildman–Crippen MR) is 114 cm³/mol. The zero-order valence-corrected chi connectivity index (χ0v) is 21.8. The third kappa shape index (κ3) is 4.35. The van der Waals surface area contributed by atoms with Crippen molar-refractivity contribution in [1.29, 1.82) is 0 Å². The van der Waals surface area contributed by atoms with Gasteiger partial charge in [-0.25, -0.2) is 8.42 Å². The van der Waals surface area contributed by atoms with E-state index < -0.39 is 21.4 Å². The van der Waals surface area contributed by atoms with Crippen LogP contribution < -0.4 is 0 Å². The van der Waals surface area contributed by atoms with Crippen LogP contribution in [0, 0.1) is 33.1 Å². The van der Waals surface area contributed by atoms with Crippen LogP contribution in [0.15, 0.2) is 4.90 Å². The van der Waals surface area contributed by atoms with Gasteiger partial charge in [-0.05, 0) is 55.5 Å². The number of halogens is 2. The molecule has 2 rings (SSSR count). The van der Waals surface area contributed by atoms with Crippen molar-refractivity contribution in [3.05, 3.63) is 27.8 Å². The summed E-state index contributed by atoms with van der Waals surface area (Å²) in [5.74, 6) is -0.202. The Bertz CT molecular complexity index is 730. The zero-order valence-electron chi connectivity index (χ0n) is 15.2. The van der Waals surface area contributed by atoms with Gasteiger partial charge in [0, 0.05) is 11.3 Å². The van der Waals surface area contributed by atoms with Crippen molar-refractivity contribution in [2.75, 3.05) is 5.75 Å². The van der Waals surface area contributed by atoms with Crippen LogP contribution in [0.5, 0.6) is 0 Å². The number of aliphatic hydroxyl groups is 1. The summed E-state index contributed by atoms with van der Waals surface area (Å²) in [5, 5.41) is 10.7. The van der Waals surface area contributed by atoms with Crippen LogP contribution in [-0.4, -0.2) is 25.4 Å². The molecule has 1 aromatic carbocycles. The van der Waals surface area contributed by atoms with Crippen molar-refractivity contribution < 1.29 is 23.0 Å². The fraction of sp³-hybridized carbons (Fsp3) is 0.647. The number of hydrogen-bond acceptors (Lipinski definition) is 3. The van der Waals surface area contributed by atoms with Gasteiger partial charge in [-0.2, -0.15) is 0 Å². The van der Waals surface area contributed by atoms with Crippen LogP contribution in [-0.2, 0) is 19.3 Å². The normalized spacial score (nSPS) is 24.2. The summed E-state index contributed by atoms with van der Waals surface area (Å²) in [6.07, 6.45) is -0.672. The number of fused-ring (bicyclic) bond motifs is 1. The topological polar surface area (TPSA) is 54.4 Å². The van der Waals surface area contributed by atoms with Gasteiger partial charge in [0.15, 0.2) is 9.84 Å². The molecule has 0 amide bonds. The molecule has 1 heterocycles. The second-order valence-electron chi connectivity index (χ2n) is 7.29.